The van der Waals surface area contributed by atoms with Crippen LogP contribution < -0.4 is 5.73 Å². The highest BCUT2D eigenvalue weighted by Gasteiger charge is 2.33. The normalized spacial score (nSPS) is 23.2. The van der Waals surface area contributed by atoms with Gasteiger partial charge in [0.15, 0.2) is 6.04 Å². The summed E-state index contributed by atoms with van der Waals surface area (Å²) in [6.45, 7) is 6.89. The number of carbonyl (C=O) groups is 2. The lowest BCUT2D eigenvalue weighted by molar-refractivity contribution is -0.417. The molecule has 22 heavy (non-hydrogen) atoms. The first kappa shape index (κ1) is 17.3. The number of quaternary nitrogens is 1. The monoisotopic (exact) mass is 310 g/mol. The third-order valence-corrected chi connectivity index (χ3v) is 5.51. The van der Waals surface area contributed by atoms with Crippen LogP contribution in [0.2, 0.25) is 0 Å². The quantitative estimate of drug-likeness (QED) is 0.838. The van der Waals surface area contributed by atoms with Crippen molar-refractivity contribution in [3.05, 3.63) is 0 Å². The standard InChI is InChI=1S/C17H31N3O2/c1-3-13(2)15(18)17(22)20-11-9-19(10-12-20)16(21)14-7-5-4-6-8-14/h13-15H,3-12,18H2,1-2H3/p+1/t13-,15-/m1/s1. The van der Waals surface area contributed by atoms with E-state index in [0.717, 1.165) is 19.3 Å². The molecule has 0 radical (unpaired) electrons. The van der Waals surface area contributed by atoms with Gasteiger partial charge in [-0.05, 0) is 19.3 Å². The lowest BCUT2D eigenvalue weighted by atomic mass is 9.88. The minimum atomic E-state index is -0.161. The molecule has 2 amide bonds. The van der Waals surface area contributed by atoms with Gasteiger partial charge in [-0.25, -0.2) is 0 Å². The van der Waals surface area contributed by atoms with Crippen molar-refractivity contribution in [1.82, 2.24) is 9.80 Å². The van der Waals surface area contributed by atoms with Gasteiger partial charge in [-0.2, -0.15) is 0 Å². The Morgan fingerprint density at radius 3 is 2.14 bits per heavy atom. The van der Waals surface area contributed by atoms with E-state index in [1.54, 1.807) is 0 Å². The van der Waals surface area contributed by atoms with E-state index in [2.05, 4.69) is 19.6 Å². The molecule has 2 atom stereocenters. The number of piperazine rings is 1. The summed E-state index contributed by atoms with van der Waals surface area (Å²) in [6, 6.07) is -0.161. The number of rotatable bonds is 4. The van der Waals surface area contributed by atoms with Gasteiger partial charge < -0.3 is 15.5 Å². The van der Waals surface area contributed by atoms with Crippen molar-refractivity contribution >= 4 is 11.8 Å². The third-order valence-electron chi connectivity index (χ3n) is 5.51. The molecule has 2 rings (SSSR count). The second-order valence-corrected chi connectivity index (χ2v) is 6.98. The average molecular weight is 310 g/mol. The zero-order chi connectivity index (χ0) is 16.1. The van der Waals surface area contributed by atoms with Crippen molar-refractivity contribution < 1.29 is 15.3 Å². The van der Waals surface area contributed by atoms with Crippen LogP contribution >= 0.6 is 0 Å². The van der Waals surface area contributed by atoms with Crippen LogP contribution in [0.5, 0.6) is 0 Å². The predicted molar refractivity (Wildman–Crippen MR) is 85.9 cm³/mol. The Bertz CT molecular complexity index is 363. The molecule has 0 spiro atoms. The number of amides is 2. The van der Waals surface area contributed by atoms with Crippen LogP contribution in [0.4, 0.5) is 0 Å². The second-order valence-electron chi connectivity index (χ2n) is 6.98. The minimum Gasteiger partial charge on any atom is -0.347 e. The average Bonchev–Trinajstić information content (AvgIpc) is 2.60. The van der Waals surface area contributed by atoms with Gasteiger partial charge in [0.2, 0.25) is 5.91 Å². The van der Waals surface area contributed by atoms with Crippen LogP contribution in [0.15, 0.2) is 0 Å². The Morgan fingerprint density at radius 2 is 1.59 bits per heavy atom. The van der Waals surface area contributed by atoms with Crippen molar-refractivity contribution in [3.63, 3.8) is 0 Å². The number of carbonyl (C=O) groups excluding carboxylic acids is 2. The van der Waals surface area contributed by atoms with Crippen LogP contribution in [0.1, 0.15) is 52.4 Å². The van der Waals surface area contributed by atoms with Crippen LogP contribution in [-0.2, 0) is 9.59 Å². The Kier molecular flexibility index (Phi) is 6.24. The first-order valence-corrected chi connectivity index (χ1v) is 8.95. The van der Waals surface area contributed by atoms with E-state index < -0.39 is 0 Å². The van der Waals surface area contributed by atoms with Gasteiger partial charge in [-0.1, -0.05) is 33.1 Å². The Morgan fingerprint density at radius 1 is 1.05 bits per heavy atom. The first-order valence-electron chi connectivity index (χ1n) is 8.95. The smallest absolute Gasteiger partial charge is 0.281 e. The van der Waals surface area contributed by atoms with Gasteiger partial charge in [0.1, 0.15) is 0 Å². The van der Waals surface area contributed by atoms with Gasteiger partial charge in [-0.15, -0.1) is 0 Å². The molecule has 5 nitrogen and oxygen atoms in total. The van der Waals surface area contributed by atoms with Gasteiger partial charge in [0.25, 0.3) is 5.91 Å². The second kappa shape index (κ2) is 7.95. The molecule has 0 aromatic rings. The van der Waals surface area contributed by atoms with Crippen molar-refractivity contribution in [1.29, 1.82) is 0 Å². The largest absolute Gasteiger partial charge is 0.347 e. The summed E-state index contributed by atoms with van der Waals surface area (Å²) in [6.07, 6.45) is 6.71. The molecule has 1 aliphatic carbocycles. The summed E-state index contributed by atoms with van der Waals surface area (Å²) in [5, 5.41) is 0. The lowest BCUT2D eigenvalue weighted by Gasteiger charge is -2.37. The highest BCUT2D eigenvalue weighted by molar-refractivity contribution is 5.82. The number of hydrogen-bond donors (Lipinski definition) is 1. The van der Waals surface area contributed by atoms with Gasteiger partial charge >= 0.3 is 0 Å². The number of hydrogen-bond acceptors (Lipinski definition) is 2. The molecule has 3 N–H and O–H groups in total. The fraction of sp³-hybridized carbons (Fsp3) is 0.882. The molecule has 2 fully saturated rings. The highest BCUT2D eigenvalue weighted by atomic mass is 16.2. The van der Waals surface area contributed by atoms with E-state index >= 15 is 0 Å². The van der Waals surface area contributed by atoms with Gasteiger partial charge in [0.05, 0.1) is 0 Å². The number of nitrogens with zero attached hydrogens (tertiary/aromatic N) is 2. The zero-order valence-corrected chi connectivity index (χ0v) is 14.2. The SMILES string of the molecule is CC[C@@H](C)[C@@H]([NH3+])C(=O)N1CCN(C(=O)C2CCCCC2)CC1. The molecule has 1 heterocycles. The molecule has 0 unspecified atom stereocenters. The Balaban J connectivity index is 1.82. The molecule has 0 aromatic heterocycles. The van der Waals surface area contributed by atoms with Crippen LogP contribution in [0.25, 0.3) is 0 Å². The maximum absolute atomic E-state index is 12.5. The molecule has 126 valence electrons. The zero-order valence-electron chi connectivity index (χ0n) is 14.2. The van der Waals surface area contributed by atoms with E-state index in [4.69, 9.17) is 0 Å². The molecule has 1 saturated heterocycles. The van der Waals surface area contributed by atoms with Crippen LogP contribution in [0, 0.1) is 11.8 Å². The summed E-state index contributed by atoms with van der Waals surface area (Å²) in [5.74, 6) is 1.02. The predicted octanol–water partition coefficient (Wildman–Crippen LogP) is 0.894. The molecule has 5 heteroatoms. The molecule has 1 aliphatic heterocycles. The molecule has 0 aromatic carbocycles. The van der Waals surface area contributed by atoms with Crippen molar-refractivity contribution in [2.45, 2.75) is 58.4 Å². The minimum absolute atomic E-state index is 0.152. The molecule has 2 aliphatic rings. The van der Waals surface area contributed by atoms with E-state index in [0.29, 0.717) is 38.0 Å². The van der Waals surface area contributed by atoms with Crippen molar-refractivity contribution in [3.8, 4) is 0 Å². The van der Waals surface area contributed by atoms with E-state index in [-0.39, 0.29) is 17.9 Å². The van der Waals surface area contributed by atoms with Gasteiger partial charge in [0, 0.05) is 38.0 Å². The molecular formula is C17H32N3O2+. The maximum atomic E-state index is 12.5. The van der Waals surface area contributed by atoms with Crippen LogP contribution in [0.3, 0.4) is 0 Å². The van der Waals surface area contributed by atoms with E-state index in [1.165, 1.54) is 19.3 Å². The van der Waals surface area contributed by atoms with Crippen LogP contribution in [-0.4, -0.2) is 53.8 Å². The first-order chi connectivity index (χ1) is 10.5. The van der Waals surface area contributed by atoms with E-state index in [9.17, 15) is 9.59 Å². The molecular weight excluding hydrogens is 278 g/mol. The van der Waals surface area contributed by atoms with Crippen molar-refractivity contribution in [2.24, 2.45) is 11.8 Å². The third kappa shape index (κ3) is 4.00. The van der Waals surface area contributed by atoms with Gasteiger partial charge in [-0.3, -0.25) is 9.59 Å². The fourth-order valence-corrected chi connectivity index (χ4v) is 3.52. The summed E-state index contributed by atoms with van der Waals surface area (Å²) in [7, 11) is 0. The summed E-state index contributed by atoms with van der Waals surface area (Å²) in [5.41, 5.74) is 4.04. The molecule has 1 saturated carbocycles. The fourth-order valence-electron chi connectivity index (χ4n) is 3.52. The Labute approximate surface area is 134 Å². The summed E-state index contributed by atoms with van der Waals surface area (Å²) < 4.78 is 0. The Hall–Kier alpha value is -1.10. The summed E-state index contributed by atoms with van der Waals surface area (Å²) >= 11 is 0. The maximum Gasteiger partial charge on any atom is 0.281 e. The highest BCUT2D eigenvalue weighted by Crippen LogP contribution is 2.25. The summed E-state index contributed by atoms with van der Waals surface area (Å²) in [4.78, 5) is 28.8. The van der Waals surface area contributed by atoms with E-state index in [1.807, 2.05) is 9.80 Å². The molecule has 0 bridgehead atoms. The lowest BCUT2D eigenvalue weighted by Crippen LogP contribution is -2.71. The topological polar surface area (TPSA) is 68.3 Å². The van der Waals surface area contributed by atoms with Crippen molar-refractivity contribution in [2.75, 3.05) is 26.2 Å².